The smallest absolute Gasteiger partial charge is 0.226 e. The minimum atomic E-state index is -0.764. The molecular weight excluding hydrogens is 316 g/mol. The van der Waals surface area contributed by atoms with Crippen LogP contribution in [0.4, 0.5) is 0 Å². The Morgan fingerprint density at radius 3 is 2.56 bits per heavy atom. The van der Waals surface area contributed by atoms with E-state index in [0.717, 1.165) is 44.1 Å². The number of carbonyl (C=O) groups is 1. The molecule has 1 heterocycles. The van der Waals surface area contributed by atoms with Crippen LogP contribution in [0.3, 0.4) is 0 Å². The molecule has 2 aromatic rings. The molecule has 1 aliphatic rings. The summed E-state index contributed by atoms with van der Waals surface area (Å²) in [6, 6.07) is 9.64. The van der Waals surface area contributed by atoms with Crippen molar-refractivity contribution in [2.24, 2.45) is 0 Å². The topological polar surface area (TPSA) is 75.4 Å². The highest BCUT2D eigenvalue weighted by Crippen LogP contribution is 2.26. The van der Waals surface area contributed by atoms with Crippen molar-refractivity contribution in [3.63, 3.8) is 0 Å². The van der Waals surface area contributed by atoms with Crippen LogP contribution in [0, 0.1) is 6.92 Å². The molecule has 1 saturated carbocycles. The quantitative estimate of drug-likeness (QED) is 0.817. The first-order chi connectivity index (χ1) is 12.1. The van der Waals surface area contributed by atoms with Crippen LogP contribution in [0.1, 0.15) is 50.0 Å². The van der Waals surface area contributed by atoms with Crippen molar-refractivity contribution in [1.29, 1.82) is 0 Å². The highest BCUT2D eigenvalue weighted by Gasteiger charge is 2.28. The lowest BCUT2D eigenvalue weighted by Gasteiger charge is -2.26. The van der Waals surface area contributed by atoms with E-state index in [1.807, 2.05) is 37.3 Å². The third kappa shape index (κ3) is 4.69. The van der Waals surface area contributed by atoms with E-state index < -0.39 is 5.60 Å². The summed E-state index contributed by atoms with van der Waals surface area (Å²) in [6.45, 7) is 2.13. The average Bonchev–Trinajstić information content (AvgIpc) is 2.83. The number of rotatable bonds is 5. The van der Waals surface area contributed by atoms with E-state index in [1.54, 1.807) is 0 Å². The number of nitrogens with one attached hydrogen (secondary N) is 1. The van der Waals surface area contributed by atoms with Gasteiger partial charge in [-0.05, 0) is 31.9 Å². The van der Waals surface area contributed by atoms with Crippen LogP contribution in [-0.2, 0) is 11.2 Å². The van der Waals surface area contributed by atoms with E-state index in [9.17, 15) is 9.90 Å². The van der Waals surface area contributed by atoms with Gasteiger partial charge in [-0.2, -0.15) is 0 Å². The molecule has 25 heavy (non-hydrogen) atoms. The number of benzene rings is 1. The van der Waals surface area contributed by atoms with Crippen molar-refractivity contribution >= 4 is 5.91 Å². The number of hydrogen-bond donors (Lipinski definition) is 2. The van der Waals surface area contributed by atoms with Gasteiger partial charge in [0.1, 0.15) is 5.76 Å². The molecule has 134 valence electrons. The zero-order chi connectivity index (χ0) is 17.7. The van der Waals surface area contributed by atoms with E-state index in [0.29, 0.717) is 23.9 Å². The Labute approximate surface area is 148 Å². The molecule has 1 aliphatic carbocycles. The van der Waals surface area contributed by atoms with E-state index in [2.05, 4.69) is 10.3 Å². The van der Waals surface area contributed by atoms with Crippen molar-refractivity contribution in [3.05, 3.63) is 41.8 Å². The fourth-order valence-electron chi connectivity index (χ4n) is 3.34. The minimum Gasteiger partial charge on any atom is -0.441 e. The Kier molecular flexibility index (Phi) is 5.53. The lowest BCUT2D eigenvalue weighted by molar-refractivity contribution is -0.121. The average molecular weight is 342 g/mol. The summed E-state index contributed by atoms with van der Waals surface area (Å²) in [5, 5.41) is 13.5. The largest absolute Gasteiger partial charge is 0.441 e. The highest BCUT2D eigenvalue weighted by molar-refractivity contribution is 5.78. The molecule has 1 aromatic heterocycles. The molecule has 0 aliphatic heterocycles. The van der Waals surface area contributed by atoms with Crippen molar-refractivity contribution in [1.82, 2.24) is 10.3 Å². The zero-order valence-electron chi connectivity index (χ0n) is 14.8. The summed E-state index contributed by atoms with van der Waals surface area (Å²) in [7, 11) is 0. The highest BCUT2D eigenvalue weighted by atomic mass is 16.4. The molecule has 5 heteroatoms. The van der Waals surface area contributed by atoms with Crippen LogP contribution >= 0.6 is 0 Å². The first-order valence-corrected chi connectivity index (χ1v) is 9.07. The second kappa shape index (κ2) is 7.83. The number of amides is 1. The molecule has 0 radical (unpaired) electrons. The molecule has 0 saturated heterocycles. The third-order valence-electron chi connectivity index (χ3n) is 4.89. The van der Waals surface area contributed by atoms with Gasteiger partial charge in [0.15, 0.2) is 0 Å². The van der Waals surface area contributed by atoms with Crippen molar-refractivity contribution in [3.8, 4) is 11.5 Å². The van der Waals surface area contributed by atoms with Gasteiger partial charge in [-0.3, -0.25) is 4.79 Å². The van der Waals surface area contributed by atoms with Gasteiger partial charge in [-0.25, -0.2) is 4.98 Å². The molecule has 2 N–H and O–H groups in total. The maximum absolute atomic E-state index is 12.3. The minimum absolute atomic E-state index is 0.131. The van der Waals surface area contributed by atoms with Crippen LogP contribution < -0.4 is 5.32 Å². The summed E-state index contributed by atoms with van der Waals surface area (Å²) in [4.78, 5) is 16.7. The number of aromatic nitrogens is 1. The van der Waals surface area contributed by atoms with Crippen molar-refractivity contribution < 1.29 is 14.3 Å². The molecule has 0 unspecified atom stereocenters. The summed E-state index contributed by atoms with van der Waals surface area (Å²) >= 11 is 0. The van der Waals surface area contributed by atoms with Gasteiger partial charge < -0.3 is 14.8 Å². The Bertz CT molecular complexity index is 701. The van der Waals surface area contributed by atoms with Crippen molar-refractivity contribution in [2.45, 2.75) is 57.5 Å². The normalized spacial score (nSPS) is 17.0. The number of carbonyl (C=O) groups excluding carboxylic acids is 1. The first-order valence-electron chi connectivity index (χ1n) is 9.07. The van der Waals surface area contributed by atoms with Crippen molar-refractivity contribution in [2.75, 3.05) is 6.54 Å². The second-order valence-electron chi connectivity index (χ2n) is 6.98. The lowest BCUT2D eigenvalue weighted by Crippen LogP contribution is -2.43. The summed E-state index contributed by atoms with van der Waals surface area (Å²) < 4.78 is 5.69. The molecule has 1 fully saturated rings. The fourth-order valence-corrected chi connectivity index (χ4v) is 3.34. The predicted molar refractivity (Wildman–Crippen MR) is 96.0 cm³/mol. The van der Waals surface area contributed by atoms with E-state index in [1.165, 1.54) is 0 Å². The number of hydrogen-bond acceptors (Lipinski definition) is 4. The van der Waals surface area contributed by atoms with E-state index in [4.69, 9.17) is 4.42 Å². The van der Waals surface area contributed by atoms with Gasteiger partial charge in [-0.1, -0.05) is 43.9 Å². The predicted octanol–water partition coefficient (Wildman–Crippen LogP) is 3.39. The Morgan fingerprint density at radius 1 is 1.20 bits per heavy atom. The second-order valence-corrected chi connectivity index (χ2v) is 6.98. The van der Waals surface area contributed by atoms with Gasteiger partial charge >= 0.3 is 0 Å². The molecule has 0 bridgehead atoms. The first kappa shape index (κ1) is 17.7. The molecular formula is C20H26N2O3. The van der Waals surface area contributed by atoms with Gasteiger partial charge in [0.05, 0.1) is 17.7 Å². The third-order valence-corrected chi connectivity index (χ3v) is 4.89. The van der Waals surface area contributed by atoms with Gasteiger partial charge in [0.2, 0.25) is 11.8 Å². The number of aryl methyl sites for hydroxylation is 1. The number of oxazole rings is 1. The molecule has 1 aromatic carbocycles. The van der Waals surface area contributed by atoms with Gasteiger partial charge in [0.25, 0.3) is 0 Å². The maximum atomic E-state index is 12.3. The summed E-state index contributed by atoms with van der Waals surface area (Å²) in [6.07, 6.45) is 6.05. The van der Waals surface area contributed by atoms with Crippen LogP contribution in [0.5, 0.6) is 0 Å². The monoisotopic (exact) mass is 342 g/mol. The van der Waals surface area contributed by atoms with Crippen LogP contribution in [0.25, 0.3) is 11.5 Å². The summed E-state index contributed by atoms with van der Waals surface area (Å²) in [5.74, 6) is 1.05. The van der Waals surface area contributed by atoms with Gasteiger partial charge in [0, 0.05) is 12.1 Å². The summed E-state index contributed by atoms with van der Waals surface area (Å²) in [5.41, 5.74) is 0.773. The van der Waals surface area contributed by atoms with Crippen LogP contribution in [0.15, 0.2) is 34.7 Å². The molecule has 3 rings (SSSR count). The molecule has 0 spiro atoms. The van der Waals surface area contributed by atoms with Crippen LogP contribution in [-0.4, -0.2) is 28.1 Å². The zero-order valence-corrected chi connectivity index (χ0v) is 14.8. The van der Waals surface area contributed by atoms with Crippen LogP contribution in [0.2, 0.25) is 0 Å². The van der Waals surface area contributed by atoms with E-state index in [-0.39, 0.29) is 12.3 Å². The number of aliphatic hydroxyl groups is 1. The molecule has 5 nitrogen and oxygen atoms in total. The SMILES string of the molecule is Cc1oc(-c2ccccc2)nc1CC(=O)NCC1(O)CCCCCC1. The van der Waals surface area contributed by atoms with E-state index >= 15 is 0 Å². The molecule has 1 amide bonds. The Morgan fingerprint density at radius 2 is 1.88 bits per heavy atom. The number of nitrogens with zero attached hydrogens (tertiary/aromatic N) is 1. The Balaban J connectivity index is 1.59. The molecule has 0 atom stereocenters. The standard InChI is InChI=1S/C20H26N2O3/c1-15-17(22-19(25-15)16-9-5-4-6-10-16)13-18(23)21-14-20(24)11-7-2-3-8-12-20/h4-6,9-10,24H,2-3,7-8,11-14H2,1H3,(H,21,23). The fraction of sp³-hybridized carbons (Fsp3) is 0.500. The maximum Gasteiger partial charge on any atom is 0.226 e. The lowest BCUT2D eigenvalue weighted by atomic mass is 9.94. The Hall–Kier alpha value is -2.14. The van der Waals surface area contributed by atoms with Gasteiger partial charge in [-0.15, -0.1) is 0 Å².